The number of hydrogen-bond donors (Lipinski definition) is 1. The molecule has 1 N–H and O–H groups in total. The fourth-order valence-corrected chi connectivity index (χ4v) is 1.84. The zero-order valence-electron chi connectivity index (χ0n) is 10.7. The van der Waals surface area contributed by atoms with E-state index in [1.807, 2.05) is 12.1 Å². The van der Waals surface area contributed by atoms with Gasteiger partial charge in [-0.25, -0.2) is 4.98 Å². The van der Waals surface area contributed by atoms with E-state index in [9.17, 15) is 0 Å². The first kappa shape index (κ1) is 13.1. The molecule has 0 aromatic carbocycles. The van der Waals surface area contributed by atoms with Gasteiger partial charge in [-0.15, -0.1) is 0 Å². The van der Waals surface area contributed by atoms with Crippen molar-refractivity contribution in [3.63, 3.8) is 0 Å². The molecule has 1 saturated heterocycles. The third kappa shape index (κ3) is 4.16. The number of hydrogen-bond acceptors (Lipinski definition) is 5. The van der Waals surface area contributed by atoms with Crippen LogP contribution in [0.25, 0.3) is 0 Å². The lowest BCUT2D eigenvalue weighted by molar-refractivity contribution is 0.120. The van der Waals surface area contributed by atoms with Crippen LogP contribution in [0, 0.1) is 0 Å². The van der Waals surface area contributed by atoms with Crippen LogP contribution in [0.4, 0.5) is 5.69 Å². The van der Waals surface area contributed by atoms with Gasteiger partial charge < -0.3 is 19.5 Å². The Morgan fingerprint density at radius 2 is 2.39 bits per heavy atom. The Labute approximate surface area is 107 Å². The number of ether oxygens (including phenoxy) is 3. The van der Waals surface area contributed by atoms with Crippen LogP contribution in [0.3, 0.4) is 0 Å². The van der Waals surface area contributed by atoms with Gasteiger partial charge in [-0.05, 0) is 18.9 Å². The quantitative estimate of drug-likeness (QED) is 0.748. The zero-order chi connectivity index (χ0) is 12.6. The van der Waals surface area contributed by atoms with Crippen LogP contribution in [0.2, 0.25) is 0 Å². The van der Waals surface area contributed by atoms with Gasteiger partial charge in [0.25, 0.3) is 0 Å². The second-order valence-electron chi connectivity index (χ2n) is 4.24. The number of rotatable bonds is 7. The Balaban J connectivity index is 1.72. The van der Waals surface area contributed by atoms with E-state index >= 15 is 0 Å². The Hall–Kier alpha value is -1.33. The molecule has 0 amide bonds. The SMILES string of the molecule is COCCOc1ccc(NCC2CCCO2)cn1. The van der Waals surface area contributed by atoms with Crippen molar-refractivity contribution in [3.8, 4) is 5.88 Å². The Bertz CT molecular complexity index is 337. The van der Waals surface area contributed by atoms with E-state index in [1.165, 1.54) is 0 Å². The maximum absolute atomic E-state index is 5.54. The molecule has 5 nitrogen and oxygen atoms in total. The molecule has 2 heterocycles. The molecule has 1 aliphatic rings. The van der Waals surface area contributed by atoms with Crippen molar-refractivity contribution in [2.75, 3.05) is 38.8 Å². The van der Waals surface area contributed by atoms with Crippen molar-refractivity contribution in [1.29, 1.82) is 0 Å². The Morgan fingerprint density at radius 1 is 1.44 bits per heavy atom. The molecular weight excluding hydrogens is 232 g/mol. The molecule has 1 aliphatic heterocycles. The summed E-state index contributed by atoms with van der Waals surface area (Å²) < 4.78 is 15.8. The third-order valence-corrected chi connectivity index (χ3v) is 2.83. The van der Waals surface area contributed by atoms with Gasteiger partial charge in [0.15, 0.2) is 0 Å². The number of methoxy groups -OCH3 is 1. The van der Waals surface area contributed by atoms with Crippen molar-refractivity contribution in [1.82, 2.24) is 4.98 Å². The van der Waals surface area contributed by atoms with E-state index in [0.29, 0.717) is 25.2 Å². The number of anilines is 1. The lowest BCUT2D eigenvalue weighted by atomic mass is 10.2. The van der Waals surface area contributed by atoms with Crippen LogP contribution < -0.4 is 10.1 Å². The number of aromatic nitrogens is 1. The first-order valence-electron chi connectivity index (χ1n) is 6.32. The summed E-state index contributed by atoms with van der Waals surface area (Å²) in [6.45, 7) is 2.81. The van der Waals surface area contributed by atoms with Gasteiger partial charge in [0.2, 0.25) is 5.88 Å². The zero-order valence-corrected chi connectivity index (χ0v) is 10.7. The summed E-state index contributed by atoms with van der Waals surface area (Å²) in [5.74, 6) is 0.620. The van der Waals surface area contributed by atoms with Crippen LogP contribution >= 0.6 is 0 Å². The fourth-order valence-electron chi connectivity index (χ4n) is 1.84. The summed E-state index contributed by atoms with van der Waals surface area (Å²) in [7, 11) is 1.65. The molecule has 1 fully saturated rings. The van der Waals surface area contributed by atoms with Crippen LogP contribution in [0.5, 0.6) is 5.88 Å². The van der Waals surface area contributed by atoms with E-state index in [0.717, 1.165) is 31.7 Å². The number of pyridine rings is 1. The second-order valence-corrected chi connectivity index (χ2v) is 4.24. The molecule has 1 aromatic heterocycles. The number of nitrogens with zero attached hydrogens (tertiary/aromatic N) is 1. The van der Waals surface area contributed by atoms with Gasteiger partial charge in [0.05, 0.1) is 24.6 Å². The lowest BCUT2D eigenvalue weighted by Gasteiger charge is -2.12. The monoisotopic (exact) mass is 252 g/mol. The summed E-state index contributed by atoms with van der Waals surface area (Å²) in [5.41, 5.74) is 0.990. The molecule has 0 bridgehead atoms. The maximum atomic E-state index is 5.54. The highest BCUT2D eigenvalue weighted by Gasteiger charge is 2.14. The fraction of sp³-hybridized carbons (Fsp3) is 0.615. The standard InChI is InChI=1S/C13H20N2O3/c1-16-7-8-18-13-5-4-11(9-15-13)14-10-12-3-2-6-17-12/h4-5,9,12,14H,2-3,6-8,10H2,1H3. The minimum absolute atomic E-state index is 0.336. The molecule has 1 atom stereocenters. The topological polar surface area (TPSA) is 52.6 Å². The molecule has 1 unspecified atom stereocenters. The number of nitrogens with one attached hydrogen (secondary N) is 1. The molecule has 100 valence electrons. The molecule has 18 heavy (non-hydrogen) atoms. The molecule has 1 aromatic rings. The molecule has 2 rings (SSSR count). The molecule has 0 aliphatic carbocycles. The van der Waals surface area contributed by atoms with E-state index in [4.69, 9.17) is 14.2 Å². The molecule has 0 saturated carbocycles. The summed E-state index contributed by atoms with van der Waals surface area (Å²) in [5, 5.41) is 3.31. The summed E-state index contributed by atoms with van der Waals surface area (Å²) in [4.78, 5) is 4.21. The Morgan fingerprint density at radius 3 is 3.06 bits per heavy atom. The van der Waals surface area contributed by atoms with Gasteiger partial charge in [-0.2, -0.15) is 0 Å². The van der Waals surface area contributed by atoms with Crippen LogP contribution in [0.1, 0.15) is 12.8 Å². The van der Waals surface area contributed by atoms with Gasteiger partial charge in [-0.1, -0.05) is 0 Å². The summed E-state index contributed by atoms with van der Waals surface area (Å²) in [6, 6.07) is 3.82. The predicted octanol–water partition coefficient (Wildman–Crippen LogP) is 1.70. The largest absolute Gasteiger partial charge is 0.475 e. The average molecular weight is 252 g/mol. The minimum Gasteiger partial charge on any atom is -0.475 e. The van der Waals surface area contributed by atoms with Crippen molar-refractivity contribution in [2.24, 2.45) is 0 Å². The van der Waals surface area contributed by atoms with E-state index in [1.54, 1.807) is 13.3 Å². The van der Waals surface area contributed by atoms with Crippen molar-refractivity contribution < 1.29 is 14.2 Å². The first-order valence-corrected chi connectivity index (χ1v) is 6.32. The minimum atomic E-state index is 0.336. The van der Waals surface area contributed by atoms with E-state index < -0.39 is 0 Å². The average Bonchev–Trinajstić information content (AvgIpc) is 2.91. The normalized spacial score (nSPS) is 18.8. The molecule has 0 radical (unpaired) electrons. The van der Waals surface area contributed by atoms with Crippen molar-refractivity contribution in [3.05, 3.63) is 18.3 Å². The highest BCUT2D eigenvalue weighted by atomic mass is 16.5. The lowest BCUT2D eigenvalue weighted by Crippen LogP contribution is -2.18. The van der Waals surface area contributed by atoms with Gasteiger partial charge in [-0.3, -0.25) is 0 Å². The smallest absolute Gasteiger partial charge is 0.213 e. The van der Waals surface area contributed by atoms with Crippen molar-refractivity contribution >= 4 is 5.69 Å². The predicted molar refractivity (Wildman–Crippen MR) is 69.1 cm³/mol. The second kappa shape index (κ2) is 7.18. The van der Waals surface area contributed by atoms with Gasteiger partial charge >= 0.3 is 0 Å². The Kier molecular flexibility index (Phi) is 5.23. The highest BCUT2D eigenvalue weighted by molar-refractivity contribution is 5.42. The van der Waals surface area contributed by atoms with E-state index in [-0.39, 0.29) is 0 Å². The van der Waals surface area contributed by atoms with Gasteiger partial charge in [0.1, 0.15) is 6.61 Å². The van der Waals surface area contributed by atoms with Crippen LogP contribution in [-0.4, -0.2) is 44.6 Å². The molecular formula is C13H20N2O3. The molecule has 5 heteroatoms. The van der Waals surface area contributed by atoms with Crippen LogP contribution in [0.15, 0.2) is 18.3 Å². The van der Waals surface area contributed by atoms with Crippen molar-refractivity contribution in [2.45, 2.75) is 18.9 Å². The van der Waals surface area contributed by atoms with Gasteiger partial charge in [0, 0.05) is 26.3 Å². The maximum Gasteiger partial charge on any atom is 0.213 e. The van der Waals surface area contributed by atoms with E-state index in [2.05, 4.69) is 10.3 Å². The first-order chi connectivity index (χ1) is 8.88. The summed E-state index contributed by atoms with van der Waals surface area (Å²) in [6.07, 6.45) is 4.41. The highest BCUT2D eigenvalue weighted by Crippen LogP contribution is 2.15. The third-order valence-electron chi connectivity index (χ3n) is 2.83. The molecule has 0 spiro atoms. The van der Waals surface area contributed by atoms with Crippen LogP contribution in [-0.2, 0) is 9.47 Å². The summed E-state index contributed by atoms with van der Waals surface area (Å²) >= 11 is 0.